The molecule has 0 amide bonds. The number of nitrogens with zero attached hydrogens (tertiary/aromatic N) is 2. The van der Waals surface area contributed by atoms with Crippen LogP contribution in [0.4, 0.5) is 5.69 Å². The first-order valence-electron chi connectivity index (χ1n) is 4.49. The molecular formula is C10H5ClN2O3S. The van der Waals surface area contributed by atoms with Crippen molar-refractivity contribution >= 4 is 34.6 Å². The normalized spacial score (nSPS) is 10.2. The van der Waals surface area contributed by atoms with Crippen LogP contribution in [-0.2, 0) is 0 Å². The van der Waals surface area contributed by atoms with E-state index in [1.165, 1.54) is 30.5 Å². The van der Waals surface area contributed by atoms with E-state index in [0.29, 0.717) is 4.88 Å². The summed E-state index contributed by atoms with van der Waals surface area (Å²) in [6.07, 6.45) is 1.47. The van der Waals surface area contributed by atoms with Gasteiger partial charge in [0.05, 0.1) is 9.80 Å². The summed E-state index contributed by atoms with van der Waals surface area (Å²) < 4.78 is 3.78. The van der Waals surface area contributed by atoms with Gasteiger partial charge in [0.2, 0.25) is 5.78 Å². The fraction of sp³-hybridized carbons (Fsp3) is 0. The number of carbonyl (C=O) groups is 1. The van der Waals surface area contributed by atoms with Crippen LogP contribution < -0.4 is 0 Å². The average Bonchev–Trinajstić information content (AvgIpc) is 2.80. The quantitative estimate of drug-likeness (QED) is 0.487. The lowest BCUT2D eigenvalue weighted by molar-refractivity contribution is -0.385. The zero-order valence-corrected chi connectivity index (χ0v) is 9.86. The molecule has 7 heteroatoms. The van der Waals surface area contributed by atoms with E-state index in [0.717, 1.165) is 11.5 Å². The van der Waals surface area contributed by atoms with Crippen molar-refractivity contribution in [1.29, 1.82) is 0 Å². The summed E-state index contributed by atoms with van der Waals surface area (Å²) in [6.45, 7) is 0. The van der Waals surface area contributed by atoms with Gasteiger partial charge in [-0.3, -0.25) is 14.9 Å². The van der Waals surface area contributed by atoms with Crippen molar-refractivity contribution in [2.45, 2.75) is 0 Å². The molecular weight excluding hydrogens is 264 g/mol. The first-order valence-corrected chi connectivity index (χ1v) is 5.64. The molecule has 2 aromatic rings. The van der Waals surface area contributed by atoms with Gasteiger partial charge in [0.15, 0.2) is 0 Å². The standard InChI is InChI=1S/C10H5ClN2O3S/c11-6-1-2-8(13(15)16)7(5-6)10(14)9-3-4-12-17-9/h1-5H. The Bertz CT molecular complexity index is 583. The molecule has 0 N–H and O–H groups in total. The number of hydrogen-bond donors (Lipinski definition) is 0. The molecule has 0 bridgehead atoms. The van der Waals surface area contributed by atoms with E-state index in [2.05, 4.69) is 4.37 Å². The van der Waals surface area contributed by atoms with Gasteiger partial charge in [-0.05, 0) is 29.7 Å². The van der Waals surface area contributed by atoms with E-state index in [1.807, 2.05) is 0 Å². The van der Waals surface area contributed by atoms with E-state index < -0.39 is 10.7 Å². The molecule has 1 aromatic heterocycles. The SMILES string of the molecule is O=C(c1ccns1)c1cc(Cl)ccc1[N+](=O)[O-]. The van der Waals surface area contributed by atoms with Gasteiger partial charge in [0.1, 0.15) is 5.56 Å². The number of aromatic nitrogens is 1. The summed E-state index contributed by atoms with van der Waals surface area (Å²) >= 11 is 6.73. The molecule has 0 unspecified atom stereocenters. The first-order chi connectivity index (χ1) is 8.09. The Hall–Kier alpha value is -1.79. The molecule has 0 fully saturated rings. The minimum atomic E-state index is -0.607. The lowest BCUT2D eigenvalue weighted by Crippen LogP contribution is -2.03. The number of benzene rings is 1. The van der Waals surface area contributed by atoms with Crippen LogP contribution in [0.5, 0.6) is 0 Å². The maximum Gasteiger partial charge on any atom is 0.280 e. The molecule has 0 aliphatic heterocycles. The van der Waals surface area contributed by atoms with Gasteiger partial charge < -0.3 is 0 Å². The van der Waals surface area contributed by atoms with Crippen molar-refractivity contribution in [3.63, 3.8) is 0 Å². The van der Waals surface area contributed by atoms with Crippen LogP contribution in [0.25, 0.3) is 0 Å². The molecule has 0 aliphatic carbocycles. The minimum Gasteiger partial charge on any atom is -0.287 e. The zero-order valence-electron chi connectivity index (χ0n) is 8.29. The van der Waals surface area contributed by atoms with Gasteiger partial charge in [-0.1, -0.05) is 11.6 Å². The van der Waals surface area contributed by atoms with Crippen molar-refractivity contribution in [3.8, 4) is 0 Å². The highest BCUT2D eigenvalue weighted by atomic mass is 35.5. The molecule has 0 atom stereocenters. The van der Waals surface area contributed by atoms with E-state index in [4.69, 9.17) is 11.6 Å². The molecule has 1 heterocycles. The maximum atomic E-state index is 12.0. The van der Waals surface area contributed by atoms with Gasteiger partial charge in [-0.25, -0.2) is 4.37 Å². The van der Waals surface area contributed by atoms with Crippen LogP contribution in [0.2, 0.25) is 5.02 Å². The Morgan fingerprint density at radius 3 is 2.76 bits per heavy atom. The number of ketones is 1. The van der Waals surface area contributed by atoms with E-state index in [9.17, 15) is 14.9 Å². The molecule has 2 rings (SSSR count). The number of rotatable bonds is 3. The molecule has 86 valence electrons. The van der Waals surface area contributed by atoms with Crippen LogP contribution >= 0.6 is 23.1 Å². The second-order valence-electron chi connectivity index (χ2n) is 3.12. The van der Waals surface area contributed by atoms with E-state index in [1.54, 1.807) is 0 Å². The van der Waals surface area contributed by atoms with Gasteiger partial charge in [0, 0.05) is 17.3 Å². The van der Waals surface area contributed by atoms with Crippen LogP contribution in [0.1, 0.15) is 15.2 Å². The van der Waals surface area contributed by atoms with Crippen molar-refractivity contribution in [2.75, 3.05) is 0 Å². The summed E-state index contributed by atoms with van der Waals surface area (Å²) in [4.78, 5) is 22.5. The van der Waals surface area contributed by atoms with Crippen molar-refractivity contribution in [2.24, 2.45) is 0 Å². The molecule has 0 aliphatic rings. The molecule has 0 spiro atoms. The lowest BCUT2D eigenvalue weighted by Gasteiger charge is -2.00. The Morgan fingerprint density at radius 2 is 2.18 bits per heavy atom. The minimum absolute atomic E-state index is 0.0215. The average molecular weight is 269 g/mol. The van der Waals surface area contributed by atoms with Crippen LogP contribution in [-0.4, -0.2) is 15.1 Å². The van der Waals surface area contributed by atoms with Crippen molar-refractivity contribution < 1.29 is 9.72 Å². The van der Waals surface area contributed by atoms with Gasteiger partial charge in [-0.15, -0.1) is 0 Å². The number of nitro benzene ring substituents is 1. The third-order valence-electron chi connectivity index (χ3n) is 2.06. The number of halogens is 1. The second kappa shape index (κ2) is 4.60. The second-order valence-corrected chi connectivity index (χ2v) is 4.39. The van der Waals surface area contributed by atoms with Gasteiger partial charge in [-0.2, -0.15) is 0 Å². The predicted molar refractivity (Wildman–Crippen MR) is 63.7 cm³/mol. The van der Waals surface area contributed by atoms with Gasteiger partial charge >= 0.3 is 0 Å². The summed E-state index contributed by atoms with van der Waals surface area (Å²) in [6, 6.07) is 5.40. The number of nitro groups is 1. The fourth-order valence-electron chi connectivity index (χ4n) is 1.31. The number of carbonyl (C=O) groups excluding carboxylic acids is 1. The Kier molecular flexibility index (Phi) is 3.16. The lowest BCUT2D eigenvalue weighted by atomic mass is 10.1. The summed E-state index contributed by atoms with van der Waals surface area (Å²) in [5.41, 5.74) is -0.278. The summed E-state index contributed by atoms with van der Waals surface area (Å²) in [5, 5.41) is 11.1. The van der Waals surface area contributed by atoms with Crippen LogP contribution in [0.15, 0.2) is 30.5 Å². The maximum absolute atomic E-state index is 12.0. The van der Waals surface area contributed by atoms with Crippen molar-refractivity contribution in [1.82, 2.24) is 4.37 Å². The first kappa shape index (κ1) is 11.7. The smallest absolute Gasteiger partial charge is 0.280 e. The molecule has 0 saturated heterocycles. The third-order valence-corrected chi connectivity index (χ3v) is 3.04. The summed E-state index contributed by atoms with van der Waals surface area (Å²) in [7, 11) is 0. The Balaban J connectivity index is 2.54. The summed E-state index contributed by atoms with van der Waals surface area (Å²) in [5.74, 6) is -0.443. The van der Waals surface area contributed by atoms with Crippen LogP contribution in [0.3, 0.4) is 0 Å². The largest absolute Gasteiger partial charge is 0.287 e. The Morgan fingerprint density at radius 1 is 1.41 bits per heavy atom. The van der Waals surface area contributed by atoms with Crippen molar-refractivity contribution in [3.05, 3.63) is 56.0 Å². The van der Waals surface area contributed by atoms with Crippen LogP contribution in [0, 0.1) is 10.1 Å². The van der Waals surface area contributed by atoms with Gasteiger partial charge in [0.25, 0.3) is 5.69 Å². The Labute approximate surface area is 105 Å². The number of hydrogen-bond acceptors (Lipinski definition) is 5. The predicted octanol–water partition coefficient (Wildman–Crippen LogP) is 2.94. The third kappa shape index (κ3) is 2.32. The topological polar surface area (TPSA) is 73.1 Å². The monoisotopic (exact) mass is 268 g/mol. The molecule has 0 saturated carbocycles. The highest BCUT2D eigenvalue weighted by molar-refractivity contribution is 7.08. The fourth-order valence-corrected chi connectivity index (χ4v) is 2.04. The molecule has 5 nitrogen and oxygen atoms in total. The highest BCUT2D eigenvalue weighted by Crippen LogP contribution is 2.26. The van der Waals surface area contributed by atoms with E-state index >= 15 is 0 Å². The molecule has 0 radical (unpaired) electrons. The highest BCUT2D eigenvalue weighted by Gasteiger charge is 2.22. The molecule has 17 heavy (non-hydrogen) atoms. The zero-order chi connectivity index (χ0) is 12.4. The van der Waals surface area contributed by atoms with E-state index in [-0.39, 0.29) is 16.3 Å². The molecule has 1 aromatic carbocycles.